The van der Waals surface area contributed by atoms with Crippen LogP contribution in [-0.4, -0.2) is 41.3 Å². The van der Waals surface area contributed by atoms with E-state index in [-0.39, 0.29) is 11.4 Å². The van der Waals surface area contributed by atoms with Crippen LogP contribution in [0.25, 0.3) is 33.5 Å². The number of aromatic nitrogens is 4. The standard InChI is InChI=1S/C18H18N4O4S/c1-22-15-8-13-12(7-14(15)21-18(22)23)19-17(20-13)11-5-4-10(6-16(11)26-2)9-27(3,24)25/h4-8H,9H2,1-3H3,(H,19,20)(H,21,23). The van der Waals surface area contributed by atoms with Crippen molar-refractivity contribution in [1.82, 2.24) is 19.5 Å². The van der Waals surface area contributed by atoms with Crippen LogP contribution in [0, 0.1) is 0 Å². The second kappa shape index (κ2) is 5.98. The number of imidazole rings is 2. The molecule has 0 radical (unpaired) electrons. The predicted octanol–water partition coefficient (Wildman–Crippen LogP) is 1.96. The fraction of sp³-hybridized carbons (Fsp3) is 0.222. The van der Waals surface area contributed by atoms with Gasteiger partial charge in [-0.05, 0) is 29.8 Å². The van der Waals surface area contributed by atoms with Gasteiger partial charge in [-0.3, -0.25) is 4.57 Å². The fourth-order valence-corrected chi connectivity index (χ4v) is 3.97. The molecule has 0 aliphatic carbocycles. The molecule has 2 N–H and O–H groups in total. The van der Waals surface area contributed by atoms with Crippen molar-refractivity contribution >= 4 is 31.9 Å². The average Bonchev–Trinajstić information content (AvgIpc) is 3.12. The van der Waals surface area contributed by atoms with Crippen LogP contribution in [0.2, 0.25) is 0 Å². The Balaban J connectivity index is 1.83. The van der Waals surface area contributed by atoms with Gasteiger partial charge in [0.2, 0.25) is 0 Å². The zero-order valence-electron chi connectivity index (χ0n) is 15.0. The normalized spacial score (nSPS) is 12.1. The molecular weight excluding hydrogens is 368 g/mol. The smallest absolute Gasteiger partial charge is 0.326 e. The van der Waals surface area contributed by atoms with Gasteiger partial charge in [0.25, 0.3) is 0 Å². The molecule has 9 heteroatoms. The van der Waals surface area contributed by atoms with Crippen molar-refractivity contribution in [2.24, 2.45) is 7.05 Å². The highest BCUT2D eigenvalue weighted by atomic mass is 32.2. The summed E-state index contributed by atoms with van der Waals surface area (Å²) >= 11 is 0. The van der Waals surface area contributed by atoms with Crippen molar-refractivity contribution in [2.45, 2.75) is 5.75 Å². The number of hydrogen-bond acceptors (Lipinski definition) is 5. The molecule has 4 aromatic rings. The first-order chi connectivity index (χ1) is 12.7. The third-order valence-corrected chi connectivity index (χ3v) is 5.31. The first kappa shape index (κ1) is 17.3. The van der Waals surface area contributed by atoms with Crippen LogP contribution in [-0.2, 0) is 22.6 Å². The van der Waals surface area contributed by atoms with Gasteiger partial charge >= 0.3 is 5.69 Å². The topological polar surface area (TPSA) is 110 Å². The molecule has 0 bridgehead atoms. The van der Waals surface area contributed by atoms with E-state index in [9.17, 15) is 13.2 Å². The quantitative estimate of drug-likeness (QED) is 0.557. The number of aromatic amines is 2. The molecule has 0 amide bonds. The molecule has 2 aromatic carbocycles. The van der Waals surface area contributed by atoms with Crippen molar-refractivity contribution < 1.29 is 13.2 Å². The highest BCUT2D eigenvalue weighted by Crippen LogP contribution is 2.31. The molecule has 0 saturated carbocycles. The number of nitrogens with one attached hydrogen (secondary N) is 2. The lowest BCUT2D eigenvalue weighted by Crippen LogP contribution is -2.11. The van der Waals surface area contributed by atoms with E-state index < -0.39 is 9.84 Å². The summed E-state index contributed by atoms with van der Waals surface area (Å²) in [5.74, 6) is 1.08. The highest BCUT2D eigenvalue weighted by Gasteiger charge is 2.15. The average molecular weight is 386 g/mol. The van der Waals surface area contributed by atoms with Crippen molar-refractivity contribution in [3.63, 3.8) is 0 Å². The maximum atomic E-state index is 11.8. The molecule has 2 heterocycles. The Labute approximate surface area is 154 Å². The number of rotatable bonds is 4. The second-order valence-corrected chi connectivity index (χ2v) is 8.71. The minimum absolute atomic E-state index is 0.0531. The number of aryl methyl sites for hydroxylation is 1. The summed E-state index contributed by atoms with van der Waals surface area (Å²) in [7, 11) is 0.0970. The van der Waals surface area contributed by atoms with Gasteiger partial charge in [-0.25, -0.2) is 18.2 Å². The van der Waals surface area contributed by atoms with E-state index in [1.165, 1.54) is 17.9 Å². The number of benzene rings is 2. The van der Waals surface area contributed by atoms with E-state index in [0.717, 1.165) is 27.6 Å². The Morgan fingerprint density at radius 1 is 1.15 bits per heavy atom. The molecule has 27 heavy (non-hydrogen) atoms. The molecule has 2 aromatic heterocycles. The van der Waals surface area contributed by atoms with E-state index >= 15 is 0 Å². The summed E-state index contributed by atoms with van der Waals surface area (Å²) in [5.41, 5.74) is 4.18. The molecule has 8 nitrogen and oxygen atoms in total. The van der Waals surface area contributed by atoms with E-state index in [0.29, 0.717) is 17.1 Å². The molecule has 0 aliphatic rings. The fourth-order valence-electron chi connectivity index (χ4n) is 3.18. The minimum atomic E-state index is -3.13. The van der Waals surface area contributed by atoms with Crippen LogP contribution in [0.4, 0.5) is 0 Å². The number of ether oxygens (including phenoxy) is 1. The summed E-state index contributed by atoms with van der Waals surface area (Å²) in [4.78, 5) is 22.4. The second-order valence-electron chi connectivity index (χ2n) is 6.57. The molecule has 0 aliphatic heterocycles. The van der Waals surface area contributed by atoms with E-state index in [4.69, 9.17) is 4.74 Å². The summed E-state index contributed by atoms with van der Waals surface area (Å²) in [5, 5.41) is 0. The third kappa shape index (κ3) is 3.10. The summed E-state index contributed by atoms with van der Waals surface area (Å²) in [6.07, 6.45) is 1.20. The van der Waals surface area contributed by atoms with Crippen LogP contribution in [0.1, 0.15) is 5.56 Å². The molecule has 0 atom stereocenters. The van der Waals surface area contributed by atoms with Crippen molar-refractivity contribution in [1.29, 1.82) is 0 Å². The van der Waals surface area contributed by atoms with Crippen LogP contribution >= 0.6 is 0 Å². The first-order valence-corrected chi connectivity index (χ1v) is 10.2. The molecule has 0 saturated heterocycles. The molecule has 0 fully saturated rings. The van der Waals surface area contributed by atoms with Gasteiger partial charge in [0.15, 0.2) is 9.84 Å². The maximum Gasteiger partial charge on any atom is 0.326 e. The Morgan fingerprint density at radius 2 is 1.93 bits per heavy atom. The van der Waals surface area contributed by atoms with Crippen LogP contribution in [0.5, 0.6) is 5.75 Å². The van der Waals surface area contributed by atoms with Gasteiger partial charge in [0, 0.05) is 13.3 Å². The number of hydrogen-bond donors (Lipinski definition) is 2. The van der Waals surface area contributed by atoms with Crippen molar-refractivity contribution in [3.05, 3.63) is 46.4 Å². The zero-order chi connectivity index (χ0) is 19.3. The minimum Gasteiger partial charge on any atom is -0.496 e. The lowest BCUT2D eigenvalue weighted by molar-refractivity contribution is 0.416. The number of methoxy groups -OCH3 is 1. The van der Waals surface area contributed by atoms with Crippen LogP contribution < -0.4 is 10.4 Å². The number of nitrogens with zero attached hydrogens (tertiary/aromatic N) is 2. The van der Waals surface area contributed by atoms with Crippen molar-refractivity contribution in [3.8, 4) is 17.1 Å². The summed E-state index contributed by atoms with van der Waals surface area (Å²) < 4.78 is 30.0. The van der Waals surface area contributed by atoms with Gasteiger partial charge in [0.05, 0.1) is 40.5 Å². The third-order valence-electron chi connectivity index (χ3n) is 4.46. The lowest BCUT2D eigenvalue weighted by Gasteiger charge is -2.08. The van der Waals surface area contributed by atoms with Crippen LogP contribution in [0.3, 0.4) is 0 Å². The van der Waals surface area contributed by atoms with E-state index in [2.05, 4.69) is 15.0 Å². The van der Waals surface area contributed by atoms with Gasteiger partial charge in [-0.1, -0.05) is 6.07 Å². The van der Waals surface area contributed by atoms with Gasteiger partial charge < -0.3 is 14.7 Å². The summed E-state index contributed by atoms with van der Waals surface area (Å²) in [6, 6.07) is 8.93. The highest BCUT2D eigenvalue weighted by molar-refractivity contribution is 7.89. The predicted molar refractivity (Wildman–Crippen MR) is 104 cm³/mol. The number of sulfone groups is 1. The monoisotopic (exact) mass is 386 g/mol. The Kier molecular flexibility index (Phi) is 3.84. The summed E-state index contributed by atoms with van der Waals surface area (Å²) in [6.45, 7) is 0. The lowest BCUT2D eigenvalue weighted by atomic mass is 10.1. The molecule has 0 spiro atoms. The van der Waals surface area contributed by atoms with Gasteiger partial charge in [-0.15, -0.1) is 0 Å². The zero-order valence-corrected chi connectivity index (χ0v) is 15.8. The van der Waals surface area contributed by atoms with E-state index in [1.54, 1.807) is 25.2 Å². The molecular formula is C18H18N4O4S. The molecule has 0 unspecified atom stereocenters. The Bertz CT molecular complexity index is 1350. The van der Waals surface area contributed by atoms with E-state index in [1.807, 2.05) is 12.1 Å². The Hall–Kier alpha value is -3.07. The molecule has 4 rings (SSSR count). The van der Waals surface area contributed by atoms with Gasteiger partial charge in [-0.2, -0.15) is 0 Å². The van der Waals surface area contributed by atoms with Gasteiger partial charge in [0.1, 0.15) is 11.6 Å². The van der Waals surface area contributed by atoms with Crippen molar-refractivity contribution in [2.75, 3.05) is 13.4 Å². The largest absolute Gasteiger partial charge is 0.496 e. The number of H-pyrrole nitrogens is 2. The maximum absolute atomic E-state index is 11.8. The molecule has 140 valence electrons. The van der Waals surface area contributed by atoms with Crippen LogP contribution in [0.15, 0.2) is 35.1 Å². The number of fused-ring (bicyclic) bond motifs is 2. The SMILES string of the molecule is COc1cc(CS(C)(=O)=O)ccc1-c1nc2cc3c(cc2[nH]1)[nH]c(=O)n3C. The first-order valence-electron chi connectivity index (χ1n) is 8.18. The Morgan fingerprint density at radius 3 is 2.63 bits per heavy atom.